The topological polar surface area (TPSA) is 244 Å². The van der Waals surface area contributed by atoms with Crippen LogP contribution >= 0.6 is 62.3 Å². The second-order valence-corrected chi connectivity index (χ2v) is 38.3. The van der Waals surface area contributed by atoms with Crippen molar-refractivity contribution in [3.05, 3.63) is 143 Å². The van der Waals surface area contributed by atoms with Crippen molar-refractivity contribution in [2.24, 2.45) is 0 Å². The Morgan fingerprint density at radius 1 is 0.556 bits per heavy atom. The molecule has 4 aromatic rings. The molecule has 8 saturated heterocycles. The molecule has 19 atom stereocenters. The Bertz CT molecular complexity index is 3400. The molecule has 9 aliphatic heterocycles. The van der Waals surface area contributed by atoms with Crippen LogP contribution in [0, 0.1) is 6.92 Å². The predicted molar refractivity (Wildman–Crippen MR) is 412 cm³/mol. The van der Waals surface area contributed by atoms with Crippen LogP contribution in [0.25, 0.3) is 0 Å². The van der Waals surface area contributed by atoms with E-state index >= 15 is 0 Å². The molecule has 108 heavy (non-hydrogen) atoms. The van der Waals surface area contributed by atoms with E-state index in [0.717, 1.165) is 81.8 Å². The quantitative estimate of drug-likeness (QED) is 0.0449. The molecule has 0 amide bonds. The maximum Gasteiger partial charge on any atom is 1.00 e. The number of benzene rings is 4. The normalized spacial score (nSPS) is 31.0. The summed E-state index contributed by atoms with van der Waals surface area (Å²) in [6, 6.07) is 22.5. The molecule has 0 radical (unpaired) electrons. The summed E-state index contributed by atoms with van der Waals surface area (Å²) in [5.74, 6) is -2.80. The van der Waals surface area contributed by atoms with E-state index in [1.165, 1.54) is 31.8 Å². The Balaban J connectivity index is 0.000000187. The molecule has 29 heteroatoms. The van der Waals surface area contributed by atoms with E-state index in [0.29, 0.717) is 28.6 Å². The number of aryl methyl sites for hydroxylation is 1. The van der Waals surface area contributed by atoms with Gasteiger partial charge in [-0.2, -0.15) is 6.42 Å². The summed E-state index contributed by atoms with van der Waals surface area (Å²) in [5.41, 5.74) is 6.79. The smallest absolute Gasteiger partial charge is 0.416 e. The number of methoxy groups -OCH3 is 4. The Hall–Kier alpha value is -1.84. The van der Waals surface area contributed by atoms with Crippen molar-refractivity contribution in [2.75, 3.05) is 48.3 Å². The molecule has 4 aromatic carbocycles. The van der Waals surface area contributed by atoms with E-state index < -0.39 is 99.4 Å². The minimum atomic E-state index is -1.64. The summed E-state index contributed by atoms with van der Waals surface area (Å²) in [6.45, 7) is 35.3. The van der Waals surface area contributed by atoms with Crippen LogP contribution in [0.4, 0.5) is 0 Å². The van der Waals surface area contributed by atoms with Crippen molar-refractivity contribution >= 4 is 76.9 Å². The molecule has 0 aromatic heterocycles. The van der Waals surface area contributed by atoms with Gasteiger partial charge < -0.3 is 112 Å². The molecule has 0 bridgehead atoms. The fourth-order valence-electron chi connectivity index (χ4n) is 14.0. The molecule has 0 aliphatic carbocycles. The van der Waals surface area contributed by atoms with Crippen LogP contribution in [-0.2, 0) is 115 Å². The summed E-state index contributed by atoms with van der Waals surface area (Å²) in [5, 5.41) is 34.2. The Morgan fingerprint density at radius 2 is 0.954 bits per heavy atom. The first-order chi connectivity index (χ1) is 50.3. The maximum absolute atomic E-state index is 11.0. The summed E-state index contributed by atoms with van der Waals surface area (Å²) < 4.78 is 104. The number of aliphatic hydroxyl groups excluding tert-OH is 3. The number of aldehydes is 1. The summed E-state index contributed by atoms with van der Waals surface area (Å²) >= 11 is 27.8. The van der Waals surface area contributed by atoms with Gasteiger partial charge in [-0.25, -0.2) is 0 Å². The number of carbonyl (C=O) groups is 1. The molecule has 3 N–H and O–H groups in total. The van der Waals surface area contributed by atoms with Crippen molar-refractivity contribution in [1.29, 1.82) is 0 Å². The molecule has 602 valence electrons. The average Bonchev–Trinajstić information content (AvgIpc) is 1.58. The molecule has 0 spiro atoms. The number of hydrogen-bond acceptors (Lipinski definition) is 22. The molecular formula is C79H114BrCl4LiO22Si. The van der Waals surface area contributed by atoms with Gasteiger partial charge in [-0.3, -0.25) is 0 Å². The number of fused-ring (bicyclic) bond motifs is 5. The van der Waals surface area contributed by atoms with E-state index in [1.54, 1.807) is 52.3 Å². The minimum Gasteiger partial charge on any atom is -0.416 e. The maximum atomic E-state index is 11.0. The number of aliphatic hydroxyl groups is 3. The molecule has 8 fully saturated rings. The van der Waals surface area contributed by atoms with Crippen molar-refractivity contribution in [2.45, 2.75) is 293 Å². The van der Waals surface area contributed by atoms with Gasteiger partial charge in [0.15, 0.2) is 62.9 Å². The molecule has 9 heterocycles. The van der Waals surface area contributed by atoms with E-state index in [1.807, 2.05) is 90.1 Å². The second kappa shape index (κ2) is 40.3. The number of carbonyl (C=O) groups excluding carboxylic acids is 1. The van der Waals surface area contributed by atoms with Gasteiger partial charge in [0.05, 0.1) is 6.61 Å². The first kappa shape index (κ1) is 93.3. The molecule has 22 nitrogen and oxygen atoms in total. The van der Waals surface area contributed by atoms with E-state index in [9.17, 15) is 20.1 Å². The van der Waals surface area contributed by atoms with Gasteiger partial charge in [-0.15, -0.1) is 0 Å². The first-order valence-corrected chi connectivity index (χ1v) is 42.0. The summed E-state index contributed by atoms with van der Waals surface area (Å²) in [6.07, 6.45) is -1.97. The number of rotatable bonds is 19. The number of unbranched alkanes of at least 4 members (excludes halogenated alkanes) is 1. The van der Waals surface area contributed by atoms with Gasteiger partial charge in [0.25, 0.3) is 0 Å². The van der Waals surface area contributed by atoms with Crippen LogP contribution in [0.5, 0.6) is 0 Å². The SMILES string of the molecule is CC(C)(C)[Si](C)(C)OCCc1cc(Cl)ccc1Br.CCCc1cc(Cl)ccc1[C@@H](O)[C@H]1O[C@@H](OC)[C@@H]2OC(C)(C)O[C@@H]21.CO[C@@H]1O[C@H](C=O)[C@H]2OC(C)(C)O[C@@H]12.CO[C@@H]1O[C@H]([C@@H]2OCCc3cc(Cl)ccc32)[C@H]2OC(C)(C)O[C@@H]12.CO[C@@H]1O[C@H]([C@H](O)c2ccc(Cl)cc2CCO)[C@H]2OC(C)(C)O[C@@H]12.[CH2-]CCC.[Li+]. The largest absolute Gasteiger partial charge is 1.00 e. The van der Waals surface area contributed by atoms with Crippen LogP contribution < -0.4 is 18.9 Å². The van der Waals surface area contributed by atoms with E-state index in [4.69, 9.17) is 131 Å². The molecule has 0 unspecified atom stereocenters. The van der Waals surface area contributed by atoms with Crippen molar-refractivity contribution < 1.29 is 124 Å². The van der Waals surface area contributed by atoms with Crippen molar-refractivity contribution in [3.63, 3.8) is 0 Å². The zero-order valence-electron chi connectivity index (χ0n) is 66.2. The van der Waals surface area contributed by atoms with E-state index in [-0.39, 0.29) is 79.3 Å². The van der Waals surface area contributed by atoms with Gasteiger partial charge in [0.2, 0.25) is 0 Å². The minimum absolute atomic E-state index is 0. The van der Waals surface area contributed by atoms with Crippen LogP contribution in [0.3, 0.4) is 0 Å². The van der Waals surface area contributed by atoms with Gasteiger partial charge in [-0.1, -0.05) is 128 Å². The van der Waals surface area contributed by atoms with Crippen LogP contribution in [-0.4, -0.2) is 200 Å². The molecule has 9 aliphatic rings. The van der Waals surface area contributed by atoms with Gasteiger partial charge >= 0.3 is 18.9 Å². The molecular weight excluding hydrogens is 1560 g/mol. The van der Waals surface area contributed by atoms with Gasteiger partial charge in [0, 0.05) is 66.2 Å². The molecule has 0 saturated carbocycles. The van der Waals surface area contributed by atoms with Crippen molar-refractivity contribution in [1.82, 2.24) is 0 Å². The van der Waals surface area contributed by atoms with Gasteiger partial charge in [0.1, 0.15) is 91.6 Å². The fourth-order valence-corrected chi connectivity index (χ4v) is 16.3. The van der Waals surface area contributed by atoms with Gasteiger partial charge in [-0.05, 0) is 193 Å². The second-order valence-electron chi connectivity index (χ2n) is 30.8. The third-order valence-corrected chi connectivity index (χ3v) is 26.3. The predicted octanol–water partition coefficient (Wildman–Crippen LogP) is 12.2. The zero-order chi connectivity index (χ0) is 78.9. The number of hydrogen-bond donors (Lipinski definition) is 3. The monoisotopic (exact) mass is 1670 g/mol. The number of halogens is 5. The zero-order valence-corrected chi connectivity index (χ0v) is 71.9. The third-order valence-electron chi connectivity index (χ3n) is 20.0. The Labute approximate surface area is 680 Å². The summed E-state index contributed by atoms with van der Waals surface area (Å²) in [7, 11) is 4.60. The first-order valence-electron chi connectivity index (χ1n) is 36.7. The van der Waals surface area contributed by atoms with Crippen LogP contribution in [0.1, 0.15) is 167 Å². The van der Waals surface area contributed by atoms with Crippen LogP contribution in [0.2, 0.25) is 38.2 Å². The average molecular weight is 1670 g/mol. The van der Waals surface area contributed by atoms with E-state index in [2.05, 4.69) is 70.6 Å². The van der Waals surface area contributed by atoms with Crippen LogP contribution in [0.15, 0.2) is 77.3 Å². The Morgan fingerprint density at radius 3 is 1.41 bits per heavy atom. The molecule has 13 rings (SSSR count). The summed E-state index contributed by atoms with van der Waals surface area (Å²) in [4.78, 5) is 10.7. The standard InChI is InChI=1S/C18H25ClO5.C17H23ClO6.C17H21ClO5.C14H22BrClOSi.C9H14O5.C4H9.Li/c1-5-6-10-9-11(19)7-8-12(10)13(20)14-15-16(17(21-4)22-14)24-18(2,3)23-15;1-17(2)23-14-13(22-16(21-3)15(14)24-17)12(20)11-5-4-10(18)8-9(11)6-7-19;1-17(2)22-14-13(21-16(19-3)15(14)23-17)12-11-5-4-10(18)8-9(11)6-7-20-12;1-14(2,3)18(4,5)17-9-8-11-10-12(16)6-7-13(11)15;1-9(2)13-6-5(4-10)12-8(11-3)7(6)14-9;1-3-4-2;/h7-9,13-17,20H,5-6H2,1-4H3;4-5,8,12-16,19-20H,6-7H2,1-3H3;4-5,8,12-16H,6-7H2,1-3H3;6-7,10H,8-9H2,1-5H3;4-8H,1-3H3;1,3-4H2,2H3;/q;;;;;-1;+1/t13-,14-,15-,16-,17-;2*12-,13-,14-,15-,16-;;5-,6-,7-,8-;;/m111.1../s1. The fraction of sp³-hybridized carbons (Fsp3) is 0.671. The number of ether oxygens (including phenoxy) is 17. The third kappa shape index (κ3) is 23.5. The Kier molecular flexibility index (Phi) is 34.9. The van der Waals surface area contributed by atoms with Crippen molar-refractivity contribution in [3.8, 4) is 0 Å².